The smallest absolute Gasteiger partial charge is 0.164 e. The molecular formula is C45H25N3O2. The van der Waals surface area contributed by atoms with Gasteiger partial charge in [-0.15, -0.1) is 0 Å². The molecule has 0 aliphatic rings. The summed E-state index contributed by atoms with van der Waals surface area (Å²) in [5.74, 6) is 0.580. The molecule has 0 aliphatic heterocycles. The zero-order chi connectivity index (χ0) is 32.8. The van der Waals surface area contributed by atoms with Crippen molar-refractivity contribution in [2.75, 3.05) is 0 Å². The van der Waals surface area contributed by atoms with Gasteiger partial charge in [0, 0.05) is 37.9 Å². The Labute approximate surface area is 284 Å². The van der Waals surface area contributed by atoms with Crippen LogP contribution in [0.2, 0.25) is 0 Å². The highest BCUT2D eigenvalue weighted by Gasteiger charge is 2.18. The second-order valence-electron chi connectivity index (χ2n) is 12.8. The Balaban J connectivity index is 1.29. The molecule has 5 heteroatoms. The molecule has 0 N–H and O–H groups in total. The first-order chi connectivity index (χ1) is 24.7. The highest BCUT2D eigenvalue weighted by molar-refractivity contribution is 6.20. The van der Waals surface area contributed by atoms with Crippen LogP contribution in [0, 0.1) is 0 Å². The quantitative estimate of drug-likeness (QED) is 0.188. The van der Waals surface area contributed by atoms with Crippen molar-refractivity contribution < 1.29 is 8.83 Å². The molecule has 11 aromatic rings. The van der Waals surface area contributed by atoms with E-state index in [1.165, 1.54) is 0 Å². The Hall–Kier alpha value is -6.85. The number of fused-ring (bicyclic) bond motifs is 13. The summed E-state index contributed by atoms with van der Waals surface area (Å²) in [6.45, 7) is 0. The van der Waals surface area contributed by atoms with Gasteiger partial charge in [-0.05, 0) is 75.1 Å². The number of benzene rings is 7. The van der Waals surface area contributed by atoms with Crippen LogP contribution < -0.4 is 0 Å². The lowest BCUT2D eigenvalue weighted by atomic mass is 10.0. The van der Waals surface area contributed by atoms with Crippen molar-refractivity contribution in [2.45, 2.75) is 0 Å². The summed E-state index contributed by atoms with van der Waals surface area (Å²) < 4.78 is 12.9. The predicted molar refractivity (Wildman–Crippen MR) is 204 cm³/mol. The number of hydrogen-bond acceptors (Lipinski definition) is 5. The van der Waals surface area contributed by atoms with Crippen molar-refractivity contribution in [2.24, 2.45) is 0 Å². The first-order valence-corrected chi connectivity index (χ1v) is 16.7. The molecule has 7 aromatic carbocycles. The first kappa shape index (κ1) is 27.1. The third-order valence-electron chi connectivity index (χ3n) is 9.89. The third kappa shape index (κ3) is 4.04. The molecule has 0 radical (unpaired) electrons. The lowest BCUT2D eigenvalue weighted by Gasteiger charge is -2.05. The number of hydrogen-bond donors (Lipinski definition) is 0. The zero-order valence-corrected chi connectivity index (χ0v) is 26.6. The molecule has 4 heterocycles. The summed E-state index contributed by atoms with van der Waals surface area (Å²) >= 11 is 0. The van der Waals surface area contributed by atoms with Crippen molar-refractivity contribution in [3.8, 4) is 22.5 Å². The van der Waals surface area contributed by atoms with Gasteiger partial charge < -0.3 is 8.83 Å². The van der Waals surface area contributed by atoms with Crippen molar-refractivity contribution in [1.29, 1.82) is 0 Å². The highest BCUT2D eigenvalue weighted by Crippen LogP contribution is 2.39. The van der Waals surface area contributed by atoms with Gasteiger partial charge in [0.05, 0.1) is 0 Å². The molecule has 0 fully saturated rings. The molecule has 0 amide bonds. The molecule has 0 saturated carbocycles. The fourth-order valence-electron chi connectivity index (χ4n) is 7.56. The number of rotatable bonds is 2. The molecule has 0 saturated heterocycles. The van der Waals surface area contributed by atoms with E-state index in [4.69, 9.17) is 23.8 Å². The molecule has 0 spiro atoms. The van der Waals surface area contributed by atoms with Crippen LogP contribution in [-0.2, 0) is 0 Å². The Bertz CT molecular complexity index is 3210. The van der Waals surface area contributed by atoms with Crippen LogP contribution in [0.3, 0.4) is 0 Å². The lowest BCUT2D eigenvalue weighted by molar-refractivity contribution is 0.669. The van der Waals surface area contributed by atoms with Gasteiger partial charge in [-0.2, -0.15) is 0 Å². The molecular weight excluding hydrogens is 615 g/mol. The van der Waals surface area contributed by atoms with E-state index >= 15 is 0 Å². The largest absolute Gasteiger partial charge is 0.456 e. The predicted octanol–water partition coefficient (Wildman–Crippen LogP) is 12.2. The molecule has 0 aliphatic carbocycles. The maximum atomic E-state index is 6.49. The van der Waals surface area contributed by atoms with E-state index in [9.17, 15) is 0 Å². The second-order valence-corrected chi connectivity index (χ2v) is 12.8. The van der Waals surface area contributed by atoms with Crippen LogP contribution in [0.1, 0.15) is 0 Å². The number of nitrogens with zero attached hydrogens (tertiary/aromatic N) is 3. The van der Waals surface area contributed by atoms with Crippen LogP contribution in [0.4, 0.5) is 0 Å². The van der Waals surface area contributed by atoms with E-state index in [1.807, 2.05) is 30.3 Å². The molecule has 0 unspecified atom stereocenters. The van der Waals surface area contributed by atoms with E-state index in [1.54, 1.807) is 0 Å². The summed E-state index contributed by atoms with van der Waals surface area (Å²) in [6.07, 6.45) is 0. The Morgan fingerprint density at radius 2 is 1.04 bits per heavy atom. The van der Waals surface area contributed by atoms with Gasteiger partial charge in [-0.25, -0.2) is 15.0 Å². The van der Waals surface area contributed by atoms with Gasteiger partial charge in [-0.3, -0.25) is 0 Å². The average Bonchev–Trinajstić information content (AvgIpc) is 3.75. The summed E-state index contributed by atoms with van der Waals surface area (Å²) in [6, 6.07) is 52.4. The summed E-state index contributed by atoms with van der Waals surface area (Å²) in [4.78, 5) is 15.6. The molecule has 4 aromatic heterocycles. The zero-order valence-electron chi connectivity index (χ0n) is 26.6. The second kappa shape index (κ2) is 10.3. The van der Waals surface area contributed by atoms with Crippen LogP contribution in [-0.4, -0.2) is 15.0 Å². The summed E-state index contributed by atoms with van der Waals surface area (Å²) in [5.41, 5.74) is 7.53. The Morgan fingerprint density at radius 3 is 1.92 bits per heavy atom. The van der Waals surface area contributed by atoms with E-state index in [2.05, 4.69) is 121 Å². The van der Waals surface area contributed by atoms with Gasteiger partial charge in [0.15, 0.2) is 17.1 Å². The van der Waals surface area contributed by atoms with Gasteiger partial charge in [0.25, 0.3) is 0 Å². The molecule has 232 valence electrons. The minimum atomic E-state index is 0.580. The van der Waals surface area contributed by atoms with E-state index in [-0.39, 0.29) is 0 Å². The lowest BCUT2D eigenvalue weighted by Crippen LogP contribution is -1.95. The van der Waals surface area contributed by atoms with E-state index in [0.29, 0.717) is 17.1 Å². The van der Waals surface area contributed by atoms with Crippen molar-refractivity contribution in [1.82, 2.24) is 15.0 Å². The van der Waals surface area contributed by atoms with Crippen LogP contribution >= 0.6 is 0 Å². The van der Waals surface area contributed by atoms with Gasteiger partial charge in [0.1, 0.15) is 22.3 Å². The topological polar surface area (TPSA) is 65.0 Å². The first-order valence-electron chi connectivity index (χ1n) is 16.7. The summed E-state index contributed by atoms with van der Waals surface area (Å²) in [5, 5.41) is 10.3. The normalized spacial score (nSPS) is 12.0. The Morgan fingerprint density at radius 1 is 0.340 bits per heavy atom. The molecule has 50 heavy (non-hydrogen) atoms. The van der Waals surface area contributed by atoms with E-state index < -0.39 is 0 Å². The van der Waals surface area contributed by atoms with E-state index in [0.717, 1.165) is 92.9 Å². The highest BCUT2D eigenvalue weighted by atomic mass is 16.3. The molecule has 11 rings (SSSR count). The maximum absolute atomic E-state index is 6.49. The Kier molecular flexibility index (Phi) is 5.60. The fourth-order valence-corrected chi connectivity index (χ4v) is 7.56. The monoisotopic (exact) mass is 639 g/mol. The van der Waals surface area contributed by atoms with Gasteiger partial charge in [0.2, 0.25) is 0 Å². The minimum Gasteiger partial charge on any atom is -0.456 e. The minimum absolute atomic E-state index is 0.580. The number of furan rings is 2. The SMILES string of the molecule is c1ccc(-c2ccc3c(c2)oc2cccc(-c4nc5nc(n4)c4cccc6oc7ccc(cc7c64)c4ccccc4c4cccc5c4)c23)cc1. The molecule has 0 atom stereocenters. The number of aromatic nitrogens is 3. The third-order valence-corrected chi connectivity index (χ3v) is 9.89. The van der Waals surface area contributed by atoms with Crippen molar-refractivity contribution >= 4 is 87.5 Å². The van der Waals surface area contributed by atoms with Crippen LogP contribution in [0.5, 0.6) is 0 Å². The standard InChI is InChI=1S/C45H25N3O2/c1-2-9-26(10-3-1)27-19-21-33-40(25-27)50-38-17-7-15-34(41(33)38)44-46-43-30-12-6-11-28(23-30)31-13-4-5-14-32(31)29-20-22-37-36(24-29)42-35(45(47-43)48-44)16-8-18-39(42)49-37/h1-25H. The molecule has 5 nitrogen and oxygen atoms in total. The van der Waals surface area contributed by atoms with Crippen LogP contribution in [0.15, 0.2) is 160 Å². The van der Waals surface area contributed by atoms with Crippen LogP contribution in [0.25, 0.3) is 110 Å². The fraction of sp³-hybridized carbons (Fsp3) is 0. The van der Waals surface area contributed by atoms with Crippen molar-refractivity contribution in [3.63, 3.8) is 0 Å². The average molecular weight is 640 g/mol. The molecule has 6 bridgehead atoms. The van der Waals surface area contributed by atoms with Gasteiger partial charge in [-0.1, -0.05) is 109 Å². The maximum Gasteiger partial charge on any atom is 0.164 e. The summed E-state index contributed by atoms with van der Waals surface area (Å²) in [7, 11) is 0. The van der Waals surface area contributed by atoms with Crippen molar-refractivity contribution in [3.05, 3.63) is 152 Å². The van der Waals surface area contributed by atoms with Gasteiger partial charge >= 0.3 is 0 Å².